The van der Waals surface area contributed by atoms with Gasteiger partial charge in [0.1, 0.15) is 11.4 Å². The van der Waals surface area contributed by atoms with Gasteiger partial charge in [0, 0.05) is 23.0 Å². The predicted molar refractivity (Wildman–Crippen MR) is 103 cm³/mol. The molecule has 3 aromatic rings. The monoisotopic (exact) mass is 388 g/mol. The summed E-state index contributed by atoms with van der Waals surface area (Å²) in [5.41, 5.74) is 1.34. The SMILES string of the molecule is COc1cccc(NC(=O)c2ccnc(Nc3cc(Cl)ccc3Cl)n2)c1. The molecule has 6 nitrogen and oxygen atoms in total. The summed E-state index contributed by atoms with van der Waals surface area (Å²) in [6.07, 6.45) is 1.48. The van der Waals surface area contributed by atoms with Crippen molar-refractivity contribution in [2.75, 3.05) is 17.7 Å². The Morgan fingerprint density at radius 3 is 2.77 bits per heavy atom. The molecule has 0 fully saturated rings. The number of halogens is 2. The van der Waals surface area contributed by atoms with Gasteiger partial charge in [-0.2, -0.15) is 0 Å². The van der Waals surface area contributed by atoms with Gasteiger partial charge in [0.2, 0.25) is 5.95 Å². The number of aromatic nitrogens is 2. The number of amides is 1. The van der Waals surface area contributed by atoms with Gasteiger partial charge < -0.3 is 15.4 Å². The van der Waals surface area contributed by atoms with E-state index in [4.69, 9.17) is 27.9 Å². The van der Waals surface area contributed by atoms with Crippen LogP contribution in [0.1, 0.15) is 10.5 Å². The van der Waals surface area contributed by atoms with Gasteiger partial charge in [-0.25, -0.2) is 9.97 Å². The molecule has 2 aromatic carbocycles. The number of nitrogens with one attached hydrogen (secondary N) is 2. The van der Waals surface area contributed by atoms with E-state index in [0.29, 0.717) is 27.2 Å². The Labute approximate surface area is 160 Å². The molecule has 2 N–H and O–H groups in total. The lowest BCUT2D eigenvalue weighted by atomic mass is 10.3. The summed E-state index contributed by atoms with van der Waals surface area (Å²) >= 11 is 12.1. The zero-order valence-electron chi connectivity index (χ0n) is 13.7. The molecule has 0 bridgehead atoms. The van der Waals surface area contributed by atoms with E-state index >= 15 is 0 Å². The molecular weight excluding hydrogens is 375 g/mol. The van der Waals surface area contributed by atoms with E-state index < -0.39 is 0 Å². The summed E-state index contributed by atoms with van der Waals surface area (Å²) in [7, 11) is 1.56. The van der Waals surface area contributed by atoms with Crippen molar-refractivity contribution >= 4 is 46.4 Å². The molecule has 0 spiro atoms. The van der Waals surface area contributed by atoms with E-state index in [1.165, 1.54) is 12.3 Å². The number of carbonyl (C=O) groups is 1. The van der Waals surface area contributed by atoms with Crippen molar-refractivity contribution in [2.24, 2.45) is 0 Å². The van der Waals surface area contributed by atoms with Gasteiger partial charge in [0.15, 0.2) is 0 Å². The second-order valence-corrected chi connectivity index (χ2v) is 6.04. The first-order chi connectivity index (χ1) is 12.5. The molecule has 0 aliphatic rings. The lowest BCUT2D eigenvalue weighted by Gasteiger charge is -2.09. The van der Waals surface area contributed by atoms with Gasteiger partial charge in [-0.05, 0) is 36.4 Å². The van der Waals surface area contributed by atoms with Crippen molar-refractivity contribution in [3.8, 4) is 5.75 Å². The van der Waals surface area contributed by atoms with Crippen LogP contribution in [0, 0.1) is 0 Å². The number of anilines is 3. The molecule has 132 valence electrons. The number of hydrogen-bond acceptors (Lipinski definition) is 5. The smallest absolute Gasteiger partial charge is 0.274 e. The van der Waals surface area contributed by atoms with Crippen molar-refractivity contribution in [1.82, 2.24) is 9.97 Å². The maximum atomic E-state index is 12.4. The Morgan fingerprint density at radius 1 is 1.12 bits per heavy atom. The Morgan fingerprint density at radius 2 is 1.96 bits per heavy atom. The van der Waals surface area contributed by atoms with Crippen LogP contribution in [0.4, 0.5) is 17.3 Å². The van der Waals surface area contributed by atoms with Crippen molar-refractivity contribution in [1.29, 1.82) is 0 Å². The summed E-state index contributed by atoms with van der Waals surface area (Å²) < 4.78 is 5.14. The minimum absolute atomic E-state index is 0.198. The molecule has 1 amide bonds. The highest BCUT2D eigenvalue weighted by atomic mass is 35.5. The fraction of sp³-hybridized carbons (Fsp3) is 0.0556. The molecule has 0 saturated carbocycles. The van der Waals surface area contributed by atoms with E-state index in [1.54, 1.807) is 49.6 Å². The third kappa shape index (κ3) is 4.41. The Hall–Kier alpha value is -2.83. The number of rotatable bonds is 5. The van der Waals surface area contributed by atoms with Gasteiger partial charge in [-0.1, -0.05) is 29.3 Å². The number of ether oxygens (including phenoxy) is 1. The number of nitrogens with zero attached hydrogens (tertiary/aromatic N) is 2. The minimum atomic E-state index is -0.374. The third-order valence-corrected chi connectivity index (χ3v) is 3.96. The van der Waals surface area contributed by atoms with Gasteiger partial charge in [0.05, 0.1) is 17.8 Å². The summed E-state index contributed by atoms with van der Waals surface area (Å²) in [5.74, 6) is 0.497. The molecule has 1 aromatic heterocycles. The second kappa shape index (κ2) is 8.03. The molecule has 0 unspecified atom stereocenters. The van der Waals surface area contributed by atoms with Crippen molar-refractivity contribution in [3.05, 3.63) is 70.5 Å². The molecule has 0 radical (unpaired) electrons. The molecular formula is C18H14Cl2N4O2. The summed E-state index contributed by atoms with van der Waals surface area (Å²) in [4.78, 5) is 20.7. The maximum absolute atomic E-state index is 12.4. The first-order valence-electron chi connectivity index (χ1n) is 7.55. The highest BCUT2D eigenvalue weighted by Crippen LogP contribution is 2.27. The minimum Gasteiger partial charge on any atom is -0.497 e. The second-order valence-electron chi connectivity index (χ2n) is 5.20. The van der Waals surface area contributed by atoms with Crippen molar-refractivity contribution in [3.63, 3.8) is 0 Å². The van der Waals surface area contributed by atoms with Crippen LogP contribution in [-0.4, -0.2) is 23.0 Å². The van der Waals surface area contributed by atoms with Crippen molar-refractivity contribution in [2.45, 2.75) is 0 Å². The molecule has 0 saturated heterocycles. The summed E-state index contributed by atoms with van der Waals surface area (Å²) in [6, 6.07) is 13.5. The van der Waals surface area contributed by atoms with Crippen LogP contribution in [0.15, 0.2) is 54.7 Å². The van der Waals surface area contributed by atoms with Gasteiger partial charge in [0.25, 0.3) is 5.91 Å². The quantitative estimate of drug-likeness (QED) is 0.656. The fourth-order valence-corrected chi connectivity index (χ4v) is 2.49. The van der Waals surface area contributed by atoms with E-state index in [2.05, 4.69) is 20.6 Å². The van der Waals surface area contributed by atoms with Gasteiger partial charge in [-0.15, -0.1) is 0 Å². The van der Waals surface area contributed by atoms with Crippen LogP contribution in [0.25, 0.3) is 0 Å². The average molecular weight is 389 g/mol. The zero-order chi connectivity index (χ0) is 18.5. The lowest BCUT2D eigenvalue weighted by molar-refractivity contribution is 0.102. The Kier molecular flexibility index (Phi) is 5.55. The Bertz CT molecular complexity index is 950. The first-order valence-corrected chi connectivity index (χ1v) is 8.31. The van der Waals surface area contributed by atoms with Crippen LogP contribution in [0.3, 0.4) is 0 Å². The molecule has 1 heterocycles. The Balaban J connectivity index is 1.77. The molecule has 0 atom stereocenters. The van der Waals surface area contributed by atoms with E-state index in [0.717, 1.165) is 0 Å². The summed E-state index contributed by atoms with van der Waals surface area (Å²) in [6.45, 7) is 0. The number of benzene rings is 2. The molecule has 0 aliphatic carbocycles. The van der Waals surface area contributed by atoms with Crippen LogP contribution in [0.2, 0.25) is 10.0 Å². The number of carbonyl (C=O) groups excluding carboxylic acids is 1. The van der Waals surface area contributed by atoms with Gasteiger partial charge >= 0.3 is 0 Å². The molecule has 8 heteroatoms. The largest absolute Gasteiger partial charge is 0.497 e. The highest BCUT2D eigenvalue weighted by molar-refractivity contribution is 6.35. The topological polar surface area (TPSA) is 76.1 Å². The normalized spacial score (nSPS) is 10.3. The highest BCUT2D eigenvalue weighted by Gasteiger charge is 2.11. The number of methoxy groups -OCH3 is 1. The molecule has 3 rings (SSSR count). The van der Waals surface area contributed by atoms with Crippen molar-refractivity contribution < 1.29 is 9.53 Å². The zero-order valence-corrected chi connectivity index (χ0v) is 15.2. The standard InChI is InChI=1S/C18H14Cl2N4O2/c1-26-13-4-2-3-12(10-13)22-17(25)15-7-8-21-18(23-15)24-16-9-11(19)5-6-14(16)20/h2-10H,1H3,(H,22,25)(H,21,23,24). The van der Waals surface area contributed by atoms with Crippen LogP contribution in [-0.2, 0) is 0 Å². The number of hydrogen-bond donors (Lipinski definition) is 2. The van der Waals surface area contributed by atoms with E-state index in [9.17, 15) is 4.79 Å². The molecule has 0 aliphatic heterocycles. The van der Waals surface area contributed by atoms with Crippen LogP contribution in [0.5, 0.6) is 5.75 Å². The lowest BCUT2D eigenvalue weighted by Crippen LogP contribution is -2.14. The van der Waals surface area contributed by atoms with Crippen LogP contribution >= 0.6 is 23.2 Å². The van der Waals surface area contributed by atoms with Crippen LogP contribution < -0.4 is 15.4 Å². The first kappa shape index (κ1) is 18.0. The third-order valence-electron chi connectivity index (χ3n) is 3.39. The maximum Gasteiger partial charge on any atom is 0.274 e. The summed E-state index contributed by atoms with van der Waals surface area (Å²) in [5, 5.41) is 6.69. The van der Waals surface area contributed by atoms with E-state index in [1.807, 2.05) is 0 Å². The molecule has 26 heavy (non-hydrogen) atoms. The van der Waals surface area contributed by atoms with E-state index in [-0.39, 0.29) is 17.5 Å². The predicted octanol–water partition coefficient (Wildman–Crippen LogP) is 4.79. The van der Waals surface area contributed by atoms with Gasteiger partial charge in [-0.3, -0.25) is 4.79 Å². The fourth-order valence-electron chi connectivity index (χ4n) is 2.16. The average Bonchev–Trinajstić information content (AvgIpc) is 2.65.